The van der Waals surface area contributed by atoms with E-state index in [1.165, 1.54) is 4.68 Å². The van der Waals surface area contributed by atoms with Crippen LogP contribution in [-0.4, -0.2) is 20.7 Å². The van der Waals surface area contributed by atoms with Crippen molar-refractivity contribution < 1.29 is 4.79 Å². The largest absolute Gasteiger partial charge is 0.349 e. The number of aryl methyl sites for hydroxylation is 1. The van der Waals surface area contributed by atoms with Gasteiger partial charge in [-0.2, -0.15) is 5.10 Å². The zero-order valence-corrected chi connectivity index (χ0v) is 16.0. The first-order chi connectivity index (χ1) is 14.1. The summed E-state index contributed by atoms with van der Waals surface area (Å²) in [4.78, 5) is 29.5. The number of fused-ring (bicyclic) bond motifs is 1. The minimum absolute atomic E-state index is 0.157. The summed E-state index contributed by atoms with van der Waals surface area (Å²) in [6.45, 7) is 2.16. The topological polar surface area (TPSA) is 76.9 Å². The van der Waals surface area contributed by atoms with E-state index in [4.69, 9.17) is 0 Å². The molecule has 0 fully saturated rings. The first-order valence-corrected chi connectivity index (χ1v) is 9.35. The third kappa shape index (κ3) is 4.06. The van der Waals surface area contributed by atoms with E-state index in [1.807, 2.05) is 67.6 Å². The number of hydrogen-bond acceptors (Lipinski definition) is 4. The first-order valence-electron chi connectivity index (χ1n) is 9.35. The van der Waals surface area contributed by atoms with Crippen LogP contribution in [0.4, 0.5) is 0 Å². The van der Waals surface area contributed by atoms with Gasteiger partial charge in [-0.25, -0.2) is 4.68 Å². The molecule has 2 aromatic carbocycles. The fourth-order valence-electron chi connectivity index (χ4n) is 3.15. The molecule has 0 aliphatic carbocycles. The average Bonchev–Trinajstić information content (AvgIpc) is 2.76. The molecular weight excluding hydrogens is 364 g/mol. The molecule has 2 aromatic heterocycles. The minimum Gasteiger partial charge on any atom is -0.349 e. The maximum absolute atomic E-state index is 12.9. The van der Waals surface area contributed by atoms with Gasteiger partial charge < -0.3 is 5.32 Å². The van der Waals surface area contributed by atoms with Gasteiger partial charge in [0, 0.05) is 17.1 Å². The SMILES string of the molecule is Cc1ccc(-c2nn(CC(=O)NCc3ccccn3)c(=O)c3ccccc23)cc1. The molecule has 0 aliphatic heterocycles. The molecule has 1 amide bonds. The Hall–Kier alpha value is -3.80. The van der Waals surface area contributed by atoms with E-state index in [0.717, 1.165) is 22.2 Å². The molecule has 4 aromatic rings. The molecule has 0 bridgehead atoms. The molecule has 2 heterocycles. The monoisotopic (exact) mass is 384 g/mol. The molecule has 0 saturated heterocycles. The number of carbonyl (C=O) groups is 1. The van der Waals surface area contributed by atoms with Crippen molar-refractivity contribution in [2.24, 2.45) is 0 Å². The lowest BCUT2D eigenvalue weighted by Crippen LogP contribution is -2.33. The number of carbonyl (C=O) groups excluding carboxylic acids is 1. The molecule has 0 spiro atoms. The Morgan fingerprint density at radius 2 is 1.69 bits per heavy atom. The highest BCUT2D eigenvalue weighted by molar-refractivity contribution is 5.93. The van der Waals surface area contributed by atoms with Gasteiger partial charge in [0.05, 0.1) is 23.3 Å². The minimum atomic E-state index is -0.296. The van der Waals surface area contributed by atoms with Gasteiger partial charge in [-0.05, 0) is 25.1 Å². The van der Waals surface area contributed by atoms with E-state index in [0.29, 0.717) is 17.6 Å². The molecule has 6 heteroatoms. The standard InChI is InChI=1S/C23H20N4O2/c1-16-9-11-17(12-10-16)22-19-7-2-3-8-20(19)23(29)27(26-22)15-21(28)25-14-18-6-4-5-13-24-18/h2-13H,14-15H2,1H3,(H,25,28). The van der Waals surface area contributed by atoms with Crippen LogP contribution >= 0.6 is 0 Å². The van der Waals surface area contributed by atoms with Crippen LogP contribution < -0.4 is 10.9 Å². The van der Waals surface area contributed by atoms with E-state index < -0.39 is 0 Å². The van der Waals surface area contributed by atoms with Gasteiger partial charge >= 0.3 is 0 Å². The molecule has 0 aliphatic rings. The molecule has 29 heavy (non-hydrogen) atoms. The van der Waals surface area contributed by atoms with Crippen LogP contribution in [0, 0.1) is 6.92 Å². The van der Waals surface area contributed by atoms with Crippen molar-refractivity contribution in [2.75, 3.05) is 0 Å². The van der Waals surface area contributed by atoms with Gasteiger partial charge in [0.2, 0.25) is 5.91 Å². The van der Waals surface area contributed by atoms with Gasteiger partial charge in [-0.3, -0.25) is 14.6 Å². The highest BCUT2D eigenvalue weighted by atomic mass is 16.2. The van der Waals surface area contributed by atoms with Crippen molar-refractivity contribution in [3.8, 4) is 11.3 Å². The number of rotatable bonds is 5. The molecule has 0 radical (unpaired) electrons. The summed E-state index contributed by atoms with van der Waals surface area (Å²) in [5.41, 5.74) is 3.18. The average molecular weight is 384 g/mol. The lowest BCUT2D eigenvalue weighted by molar-refractivity contribution is -0.122. The Bertz CT molecular complexity index is 1220. The van der Waals surface area contributed by atoms with Crippen molar-refractivity contribution in [1.29, 1.82) is 0 Å². The van der Waals surface area contributed by atoms with Gasteiger partial charge in [0.25, 0.3) is 5.56 Å². The van der Waals surface area contributed by atoms with Gasteiger partial charge in [0.15, 0.2) is 0 Å². The molecule has 0 unspecified atom stereocenters. The zero-order valence-electron chi connectivity index (χ0n) is 16.0. The lowest BCUT2D eigenvalue weighted by atomic mass is 10.0. The fraction of sp³-hybridized carbons (Fsp3) is 0.130. The van der Waals surface area contributed by atoms with Crippen molar-refractivity contribution in [1.82, 2.24) is 20.1 Å². The van der Waals surface area contributed by atoms with Crippen LogP contribution in [0.5, 0.6) is 0 Å². The van der Waals surface area contributed by atoms with Crippen LogP contribution in [0.2, 0.25) is 0 Å². The predicted molar refractivity (Wildman–Crippen MR) is 112 cm³/mol. The highest BCUT2D eigenvalue weighted by Gasteiger charge is 2.14. The number of hydrogen-bond donors (Lipinski definition) is 1. The lowest BCUT2D eigenvalue weighted by Gasteiger charge is -2.12. The number of nitrogens with one attached hydrogen (secondary N) is 1. The van der Waals surface area contributed by atoms with E-state index >= 15 is 0 Å². The fourth-order valence-corrected chi connectivity index (χ4v) is 3.15. The Balaban J connectivity index is 1.67. The number of aromatic nitrogens is 3. The van der Waals surface area contributed by atoms with Crippen molar-refractivity contribution >= 4 is 16.7 Å². The smallest absolute Gasteiger partial charge is 0.275 e. The highest BCUT2D eigenvalue weighted by Crippen LogP contribution is 2.24. The maximum atomic E-state index is 12.9. The molecular formula is C23H20N4O2. The van der Waals surface area contributed by atoms with E-state index in [1.54, 1.807) is 12.3 Å². The predicted octanol–water partition coefficient (Wildman–Crippen LogP) is 3.08. The number of nitrogens with zero attached hydrogens (tertiary/aromatic N) is 3. The molecule has 6 nitrogen and oxygen atoms in total. The third-order valence-electron chi connectivity index (χ3n) is 4.68. The number of pyridine rings is 1. The zero-order chi connectivity index (χ0) is 20.2. The van der Waals surface area contributed by atoms with Crippen LogP contribution in [0.15, 0.2) is 77.7 Å². The molecule has 144 valence electrons. The summed E-state index contributed by atoms with van der Waals surface area (Å²) in [5.74, 6) is -0.296. The summed E-state index contributed by atoms with van der Waals surface area (Å²) in [7, 11) is 0. The molecule has 0 saturated carbocycles. The second-order valence-corrected chi connectivity index (χ2v) is 6.82. The van der Waals surface area contributed by atoms with Crippen LogP contribution in [0.1, 0.15) is 11.3 Å². The second-order valence-electron chi connectivity index (χ2n) is 6.82. The van der Waals surface area contributed by atoms with Crippen molar-refractivity contribution in [3.05, 3.63) is 94.5 Å². The van der Waals surface area contributed by atoms with Crippen molar-refractivity contribution in [2.45, 2.75) is 20.0 Å². The molecule has 1 N–H and O–H groups in total. The second kappa shape index (κ2) is 8.06. The summed E-state index contributed by atoms with van der Waals surface area (Å²) < 4.78 is 1.23. The van der Waals surface area contributed by atoms with E-state index in [9.17, 15) is 9.59 Å². The third-order valence-corrected chi connectivity index (χ3v) is 4.68. The summed E-state index contributed by atoms with van der Waals surface area (Å²) >= 11 is 0. The van der Waals surface area contributed by atoms with Crippen LogP contribution in [-0.2, 0) is 17.9 Å². The van der Waals surface area contributed by atoms with Crippen LogP contribution in [0.3, 0.4) is 0 Å². The number of benzene rings is 2. The Morgan fingerprint density at radius 3 is 2.41 bits per heavy atom. The Labute approximate surface area is 167 Å². The summed E-state index contributed by atoms with van der Waals surface area (Å²) in [6.07, 6.45) is 1.67. The quantitative estimate of drug-likeness (QED) is 0.574. The number of amides is 1. The summed E-state index contributed by atoms with van der Waals surface area (Å²) in [5, 5.41) is 8.62. The maximum Gasteiger partial charge on any atom is 0.275 e. The van der Waals surface area contributed by atoms with Gasteiger partial charge in [0.1, 0.15) is 6.54 Å². The van der Waals surface area contributed by atoms with Gasteiger partial charge in [-0.1, -0.05) is 54.1 Å². The Kier molecular flexibility index (Phi) is 5.16. The normalized spacial score (nSPS) is 10.8. The summed E-state index contributed by atoms with van der Waals surface area (Å²) in [6, 6.07) is 20.8. The first kappa shape index (κ1) is 18.6. The van der Waals surface area contributed by atoms with Gasteiger partial charge in [-0.15, -0.1) is 0 Å². The van der Waals surface area contributed by atoms with Crippen LogP contribution in [0.25, 0.3) is 22.0 Å². The molecule has 4 rings (SSSR count). The molecule has 0 atom stereocenters. The van der Waals surface area contributed by atoms with E-state index in [2.05, 4.69) is 15.4 Å². The van der Waals surface area contributed by atoms with Crippen molar-refractivity contribution in [3.63, 3.8) is 0 Å². The Morgan fingerprint density at radius 1 is 0.966 bits per heavy atom. The van der Waals surface area contributed by atoms with E-state index in [-0.39, 0.29) is 18.0 Å².